The van der Waals surface area contributed by atoms with Crippen molar-refractivity contribution < 1.29 is 8.42 Å². The van der Waals surface area contributed by atoms with Crippen molar-refractivity contribution in [2.24, 2.45) is 0 Å². The van der Waals surface area contributed by atoms with E-state index >= 15 is 0 Å². The second-order valence-corrected chi connectivity index (χ2v) is 7.92. The van der Waals surface area contributed by atoms with Crippen LogP contribution in [0.1, 0.15) is 0 Å². The van der Waals surface area contributed by atoms with Crippen LogP contribution >= 0.6 is 0 Å². The molecule has 0 spiro atoms. The third kappa shape index (κ3) is 2.83. The number of fused-ring (bicyclic) bond motifs is 1. The fourth-order valence-corrected chi connectivity index (χ4v) is 3.56. The van der Waals surface area contributed by atoms with E-state index in [2.05, 4.69) is 4.40 Å². The van der Waals surface area contributed by atoms with Gasteiger partial charge in [0.2, 0.25) is 0 Å². The summed E-state index contributed by atoms with van der Waals surface area (Å²) < 4.78 is 25.4. The summed E-state index contributed by atoms with van der Waals surface area (Å²) in [5, 5.41) is 0. The summed E-state index contributed by atoms with van der Waals surface area (Å²) >= 11 is 0. The van der Waals surface area contributed by atoms with Crippen LogP contribution in [0.3, 0.4) is 0 Å². The van der Waals surface area contributed by atoms with Crippen LogP contribution in [0.15, 0.2) is 83.9 Å². The number of hydrogen-bond acceptors (Lipinski definition) is 3. The molecule has 0 N–H and O–H groups in total. The summed E-state index contributed by atoms with van der Waals surface area (Å²) in [7, 11) is -3.21. The van der Waals surface area contributed by atoms with Crippen LogP contribution < -0.4 is 0 Å². The monoisotopic (exact) mass is 348 g/mol. The molecule has 0 amide bonds. The van der Waals surface area contributed by atoms with Crippen LogP contribution in [0.25, 0.3) is 28.2 Å². The molecule has 5 heteroatoms. The lowest BCUT2D eigenvalue weighted by Crippen LogP contribution is -1.96. The van der Waals surface area contributed by atoms with E-state index < -0.39 is 9.84 Å². The number of benzene rings is 2. The van der Waals surface area contributed by atoms with E-state index in [9.17, 15) is 8.42 Å². The maximum Gasteiger partial charge on any atom is 0.175 e. The highest BCUT2D eigenvalue weighted by Gasteiger charge is 2.16. The number of pyridine rings is 1. The Hall–Kier alpha value is -2.92. The highest BCUT2D eigenvalue weighted by atomic mass is 32.2. The smallest absolute Gasteiger partial charge is 0.175 e. The zero-order chi connectivity index (χ0) is 17.4. The van der Waals surface area contributed by atoms with E-state index in [4.69, 9.17) is 4.98 Å². The maximum atomic E-state index is 11.7. The van der Waals surface area contributed by atoms with Gasteiger partial charge in [0.25, 0.3) is 0 Å². The Morgan fingerprint density at radius 1 is 0.800 bits per heavy atom. The lowest BCUT2D eigenvalue weighted by Gasteiger charge is -2.06. The Balaban J connectivity index is 1.96. The van der Waals surface area contributed by atoms with Gasteiger partial charge >= 0.3 is 0 Å². The molecule has 4 rings (SSSR count). The second kappa shape index (κ2) is 5.86. The molecule has 0 unspecified atom stereocenters. The Kier molecular flexibility index (Phi) is 3.66. The van der Waals surface area contributed by atoms with Gasteiger partial charge in [-0.05, 0) is 24.3 Å². The number of imidazole rings is 1. The van der Waals surface area contributed by atoms with Gasteiger partial charge in [-0.2, -0.15) is 0 Å². The first-order valence-corrected chi connectivity index (χ1v) is 9.76. The molecule has 0 radical (unpaired) electrons. The Morgan fingerprint density at radius 3 is 2.16 bits per heavy atom. The number of sulfone groups is 1. The van der Waals surface area contributed by atoms with Crippen molar-refractivity contribution >= 4 is 15.5 Å². The summed E-state index contributed by atoms with van der Waals surface area (Å²) in [6.45, 7) is 0. The Bertz CT molecular complexity index is 1150. The first-order valence-electron chi connectivity index (χ1n) is 7.87. The van der Waals surface area contributed by atoms with Gasteiger partial charge in [0.05, 0.1) is 16.3 Å². The van der Waals surface area contributed by atoms with Gasteiger partial charge in [-0.15, -0.1) is 0 Å². The molecular formula is C20H16N2O2S. The molecule has 2 heterocycles. The first-order chi connectivity index (χ1) is 12.0. The van der Waals surface area contributed by atoms with Crippen molar-refractivity contribution in [2.75, 3.05) is 6.26 Å². The molecule has 0 bridgehead atoms. The van der Waals surface area contributed by atoms with Crippen LogP contribution in [-0.2, 0) is 9.84 Å². The summed E-state index contributed by atoms with van der Waals surface area (Å²) in [6.07, 6.45) is 3.20. The SMILES string of the molecule is CS(=O)(=O)c1ccc(-c2nc3ccccn3c2-c2ccccc2)cc1. The van der Waals surface area contributed by atoms with Gasteiger partial charge in [-0.1, -0.05) is 48.5 Å². The highest BCUT2D eigenvalue weighted by Crippen LogP contribution is 2.33. The molecule has 25 heavy (non-hydrogen) atoms. The molecule has 0 saturated carbocycles. The molecule has 0 saturated heterocycles. The normalized spacial score (nSPS) is 11.7. The van der Waals surface area contributed by atoms with Crippen LogP contribution in [0.2, 0.25) is 0 Å². The molecule has 4 aromatic rings. The van der Waals surface area contributed by atoms with E-state index in [1.54, 1.807) is 12.1 Å². The molecule has 0 atom stereocenters. The molecule has 0 aliphatic heterocycles. The van der Waals surface area contributed by atoms with E-state index in [1.165, 1.54) is 6.26 Å². The Morgan fingerprint density at radius 2 is 1.48 bits per heavy atom. The van der Waals surface area contributed by atoms with Gasteiger partial charge in [0.15, 0.2) is 9.84 Å². The van der Waals surface area contributed by atoms with Gasteiger partial charge in [0.1, 0.15) is 5.65 Å². The topological polar surface area (TPSA) is 51.4 Å². The summed E-state index contributed by atoms with van der Waals surface area (Å²) in [5.74, 6) is 0. The lowest BCUT2D eigenvalue weighted by molar-refractivity contribution is 0.602. The van der Waals surface area contributed by atoms with Gasteiger partial charge in [-0.25, -0.2) is 13.4 Å². The van der Waals surface area contributed by atoms with Gasteiger partial charge in [0, 0.05) is 23.6 Å². The van der Waals surface area contributed by atoms with E-state index in [-0.39, 0.29) is 0 Å². The second-order valence-electron chi connectivity index (χ2n) is 5.90. The van der Waals surface area contributed by atoms with Crippen molar-refractivity contribution in [1.82, 2.24) is 9.38 Å². The first kappa shape index (κ1) is 15.6. The summed E-state index contributed by atoms with van der Waals surface area (Å²) in [4.78, 5) is 5.07. The number of nitrogens with zero attached hydrogens (tertiary/aromatic N) is 2. The predicted molar refractivity (Wildman–Crippen MR) is 99.2 cm³/mol. The fourth-order valence-electron chi connectivity index (χ4n) is 2.93. The van der Waals surface area contributed by atoms with E-state index in [0.29, 0.717) is 4.90 Å². The average molecular weight is 348 g/mol. The number of aromatic nitrogens is 2. The molecule has 2 aromatic heterocycles. The van der Waals surface area contributed by atoms with Gasteiger partial charge < -0.3 is 0 Å². The molecule has 4 nitrogen and oxygen atoms in total. The quantitative estimate of drug-likeness (QED) is 0.561. The maximum absolute atomic E-state index is 11.7. The molecular weight excluding hydrogens is 332 g/mol. The highest BCUT2D eigenvalue weighted by molar-refractivity contribution is 7.90. The summed E-state index contributed by atoms with van der Waals surface area (Å²) in [5.41, 5.74) is 4.61. The van der Waals surface area contributed by atoms with Crippen molar-refractivity contribution in [3.63, 3.8) is 0 Å². The summed E-state index contributed by atoms with van der Waals surface area (Å²) in [6, 6.07) is 22.8. The minimum Gasteiger partial charge on any atom is -0.299 e. The zero-order valence-electron chi connectivity index (χ0n) is 13.6. The molecule has 0 aliphatic carbocycles. The minimum absolute atomic E-state index is 0.307. The molecule has 124 valence electrons. The van der Waals surface area contributed by atoms with Crippen molar-refractivity contribution in [1.29, 1.82) is 0 Å². The molecule has 0 aliphatic rings. The zero-order valence-corrected chi connectivity index (χ0v) is 14.4. The lowest BCUT2D eigenvalue weighted by atomic mass is 10.1. The van der Waals surface area contributed by atoms with E-state index in [0.717, 1.165) is 28.2 Å². The van der Waals surface area contributed by atoms with Crippen molar-refractivity contribution in [2.45, 2.75) is 4.90 Å². The van der Waals surface area contributed by atoms with Crippen LogP contribution in [0.4, 0.5) is 0 Å². The van der Waals surface area contributed by atoms with Crippen molar-refractivity contribution in [3.8, 4) is 22.5 Å². The minimum atomic E-state index is -3.21. The standard InChI is InChI=1S/C20H16N2O2S/c1-25(23,24)17-12-10-15(11-13-17)19-20(16-7-3-2-4-8-16)22-14-6-5-9-18(22)21-19/h2-14H,1H3. The third-order valence-corrected chi connectivity index (χ3v) is 5.26. The average Bonchev–Trinajstić information content (AvgIpc) is 3.01. The Labute approximate surface area is 146 Å². The molecule has 0 fully saturated rings. The predicted octanol–water partition coefficient (Wildman–Crippen LogP) is 4.07. The third-order valence-electron chi connectivity index (χ3n) is 4.13. The number of rotatable bonds is 3. The van der Waals surface area contributed by atoms with E-state index in [1.807, 2.05) is 66.9 Å². The largest absolute Gasteiger partial charge is 0.299 e. The molecule has 2 aromatic carbocycles. The van der Waals surface area contributed by atoms with Crippen LogP contribution in [0, 0.1) is 0 Å². The van der Waals surface area contributed by atoms with Crippen LogP contribution in [-0.4, -0.2) is 24.1 Å². The fraction of sp³-hybridized carbons (Fsp3) is 0.0500. The number of hydrogen-bond donors (Lipinski definition) is 0. The van der Waals surface area contributed by atoms with Gasteiger partial charge in [-0.3, -0.25) is 4.40 Å². The van der Waals surface area contributed by atoms with Crippen LogP contribution in [0.5, 0.6) is 0 Å². The van der Waals surface area contributed by atoms with Crippen molar-refractivity contribution in [3.05, 3.63) is 79.0 Å².